The molecule has 0 aliphatic heterocycles. The van der Waals surface area contributed by atoms with Crippen molar-refractivity contribution in [2.45, 2.75) is 88.9 Å². The van der Waals surface area contributed by atoms with Crippen molar-refractivity contribution in [1.29, 1.82) is 0 Å². The smallest absolute Gasteiger partial charge is 0.312 e. The number of hydrogen-bond acceptors (Lipinski definition) is 4. The Balaban J connectivity index is 0.000000252. The molecule has 4 atom stereocenters. The van der Waals surface area contributed by atoms with Gasteiger partial charge in [-0.25, -0.2) is 4.79 Å². The molecule has 0 bridgehead atoms. The molecule has 0 unspecified atom stereocenters. The van der Waals surface area contributed by atoms with E-state index in [1.807, 2.05) is 48.5 Å². The van der Waals surface area contributed by atoms with Crippen LogP contribution in [0, 0.1) is 0 Å². The minimum atomic E-state index is -0.754. The third-order valence-corrected chi connectivity index (χ3v) is 8.84. The van der Waals surface area contributed by atoms with Gasteiger partial charge in [-0.05, 0) is 36.8 Å². The fraction of sp³-hybridized carbons (Fsp3) is 0.519. The number of nitrogens with two attached hydrogens (primary N) is 2. The third kappa shape index (κ3) is 16.1. The first-order valence-electron chi connectivity index (χ1n) is 16.9. The summed E-state index contributed by atoms with van der Waals surface area (Å²) in [5.41, 5.74) is 13.6. The highest BCUT2D eigenvalue weighted by Crippen LogP contribution is 2.23. The van der Waals surface area contributed by atoms with Gasteiger partial charge in [0, 0.05) is 113 Å². The van der Waals surface area contributed by atoms with Crippen LogP contribution in [0.15, 0.2) is 60.7 Å². The molecule has 2 aliphatic rings. The Morgan fingerprint density at radius 3 is 1.58 bits per heavy atom. The van der Waals surface area contributed by atoms with Gasteiger partial charge in [-0.1, -0.05) is 86.3 Å². The molecule has 4 rings (SSSR count). The molecule has 2 aliphatic carbocycles. The predicted molar refractivity (Wildman–Crippen MR) is 218 cm³/mol. The van der Waals surface area contributed by atoms with Crippen LogP contribution in [-0.2, 0) is 22.7 Å². The second-order valence-corrected chi connectivity index (χ2v) is 12.7. The maximum atomic E-state index is 10.9. The highest BCUT2D eigenvalue weighted by atomic mass is 16.5. The molecule has 2 aromatic carbocycles. The van der Waals surface area contributed by atoms with Gasteiger partial charge < -0.3 is 26.3 Å². The number of amides is 2. The summed E-state index contributed by atoms with van der Waals surface area (Å²) in [6.07, 6.45) is 5.51. The Morgan fingerprint density at radius 2 is 1.15 bits per heavy atom. The van der Waals surface area contributed by atoms with E-state index in [1.54, 1.807) is 0 Å². The average Bonchev–Trinajstić information content (AvgIpc) is 3.07. The van der Waals surface area contributed by atoms with Gasteiger partial charge in [-0.15, -0.1) is 0 Å². The zero-order chi connectivity index (χ0) is 35.5. The van der Waals surface area contributed by atoms with E-state index in [9.17, 15) is 4.79 Å². The molecule has 21 heteroatoms. The predicted octanol–water partition coefficient (Wildman–Crippen LogP) is -1.06. The SMILES string of the molecule is NC(=O)N[C@@H]1CCCC[C@H]1OCc1ccccc1.N[C@@H]1CCCC[C@H]1OCc1ccccc1.[B][B]B([B])B(B([B])[B])B(B([B])[B])B([B])[B]. The lowest BCUT2D eigenvalue weighted by Crippen LogP contribution is -2.73. The summed E-state index contributed by atoms with van der Waals surface area (Å²) in [7, 11) is 45.8. The Labute approximate surface area is 303 Å². The number of hydrogen-bond donors (Lipinski definition) is 3. The van der Waals surface area contributed by atoms with Gasteiger partial charge in [-0.2, -0.15) is 0 Å². The number of carbonyl (C=O) groups is 1. The molecule has 2 fully saturated rings. The van der Waals surface area contributed by atoms with Crippen LogP contribution in [0.2, 0.25) is 0 Å². The number of benzene rings is 2. The highest BCUT2D eigenvalue weighted by Gasteiger charge is 2.36. The molecule has 48 heavy (non-hydrogen) atoms. The lowest BCUT2D eigenvalue weighted by molar-refractivity contribution is -0.00238. The molecule has 0 spiro atoms. The van der Waals surface area contributed by atoms with Crippen LogP contribution in [0.5, 0.6) is 0 Å². The average molecular weight is 616 g/mol. The summed E-state index contributed by atoms with van der Waals surface area (Å²) in [5, 5.41) is 2.78. The molecule has 225 valence electrons. The number of nitrogens with one attached hydrogen (secondary N) is 1. The van der Waals surface area contributed by atoms with Crippen molar-refractivity contribution in [3.8, 4) is 0 Å². The fourth-order valence-corrected chi connectivity index (χ4v) is 6.20. The second-order valence-electron chi connectivity index (χ2n) is 12.7. The Bertz CT molecular complexity index is 1130. The molecular formula is C27H39B15N3O3. The van der Waals surface area contributed by atoms with Gasteiger partial charge in [-0.3, -0.25) is 0 Å². The Kier molecular flexibility index (Phi) is 21.3. The first kappa shape index (κ1) is 42.7. The van der Waals surface area contributed by atoms with E-state index in [4.69, 9.17) is 82.8 Å². The maximum Gasteiger partial charge on any atom is 0.312 e. The van der Waals surface area contributed by atoms with Crippen LogP contribution >= 0.6 is 0 Å². The largest absolute Gasteiger partial charge is 0.372 e. The van der Waals surface area contributed by atoms with Crippen molar-refractivity contribution in [3.63, 3.8) is 0 Å². The first-order chi connectivity index (χ1) is 22.9. The van der Waals surface area contributed by atoms with Crippen molar-refractivity contribution in [2.24, 2.45) is 11.5 Å². The van der Waals surface area contributed by atoms with Crippen molar-refractivity contribution < 1.29 is 14.3 Å². The Hall–Kier alpha value is -1.44. The standard InChI is InChI=1S/C14H20N2O2.C13H19NO.B15/c15-14(17)16-12-8-4-5-9-13(12)18-10-11-6-2-1-3-7-11;14-12-8-4-5-9-13(12)15-10-11-6-2-1-3-7-11;1-9-13(8)15(12(6)7)14(10(2)3)11(4)5/h1-3,6-7,12-13H,4-5,8-10H2,(H3,15,16,17);1-3,6-7,12-13H,4-5,8-10,14H2;/t2*12-,13-;/m11./s1. The number of urea groups is 1. The Morgan fingerprint density at radius 1 is 0.708 bits per heavy atom. The van der Waals surface area contributed by atoms with Gasteiger partial charge >= 0.3 is 6.03 Å². The molecule has 0 saturated heterocycles. The number of carbonyl (C=O) groups excluding carboxylic acids is 1. The highest BCUT2D eigenvalue weighted by molar-refractivity contribution is 8.12. The van der Waals surface area contributed by atoms with Crippen molar-refractivity contribution in [1.82, 2.24) is 5.32 Å². The molecule has 0 heterocycles. The maximum absolute atomic E-state index is 10.9. The molecule has 6 nitrogen and oxygen atoms in total. The lowest BCUT2D eigenvalue weighted by Gasteiger charge is -2.35. The van der Waals surface area contributed by atoms with Gasteiger partial charge in [0.2, 0.25) is 0 Å². The molecule has 2 amide bonds. The van der Waals surface area contributed by atoms with Crippen molar-refractivity contribution >= 4 is 113 Å². The molecule has 17 radical (unpaired) electrons. The summed E-state index contributed by atoms with van der Waals surface area (Å²) >= 11 is 0. The lowest BCUT2D eigenvalue weighted by atomic mass is 8.46. The van der Waals surface area contributed by atoms with E-state index in [0.717, 1.165) is 44.1 Å². The van der Waals surface area contributed by atoms with E-state index in [2.05, 4.69) is 17.4 Å². The summed E-state index contributed by atoms with van der Waals surface area (Å²) < 4.78 is 11.8. The summed E-state index contributed by atoms with van der Waals surface area (Å²) in [4.78, 5) is 10.9. The van der Waals surface area contributed by atoms with Crippen molar-refractivity contribution in [2.75, 3.05) is 0 Å². The van der Waals surface area contributed by atoms with Gasteiger partial charge in [0.1, 0.15) is 0 Å². The van der Waals surface area contributed by atoms with E-state index < -0.39 is 44.3 Å². The van der Waals surface area contributed by atoms with Gasteiger partial charge in [0.05, 0.1) is 31.5 Å². The van der Waals surface area contributed by atoms with Crippen molar-refractivity contribution in [3.05, 3.63) is 71.8 Å². The van der Waals surface area contributed by atoms with E-state index >= 15 is 0 Å². The summed E-state index contributed by atoms with van der Waals surface area (Å²) in [5.74, 6) is 0. The first-order valence-corrected chi connectivity index (χ1v) is 16.9. The van der Waals surface area contributed by atoms with Crippen LogP contribution < -0.4 is 16.8 Å². The second kappa shape index (κ2) is 23.9. The summed E-state index contributed by atoms with van der Waals surface area (Å²) in [6.45, 7) is 1.28. The molecule has 2 saturated carbocycles. The van der Waals surface area contributed by atoms with Crippen LogP contribution in [0.1, 0.15) is 62.5 Å². The van der Waals surface area contributed by atoms with Crippen LogP contribution in [-0.4, -0.2) is 138 Å². The molecule has 5 N–H and O–H groups in total. The topological polar surface area (TPSA) is 99.6 Å². The number of rotatable bonds is 13. The molecular weight excluding hydrogens is 576 g/mol. The van der Waals surface area contributed by atoms with Gasteiger partial charge in [0.15, 0.2) is 0 Å². The number of ether oxygens (including phenoxy) is 2. The van der Waals surface area contributed by atoms with Crippen LogP contribution in [0.25, 0.3) is 0 Å². The van der Waals surface area contributed by atoms with Crippen LogP contribution in [0.3, 0.4) is 0 Å². The van der Waals surface area contributed by atoms with E-state index in [1.165, 1.54) is 25.5 Å². The van der Waals surface area contributed by atoms with Crippen LogP contribution in [0.4, 0.5) is 4.79 Å². The van der Waals surface area contributed by atoms with E-state index in [-0.39, 0.29) is 24.3 Å². The molecule has 2 aromatic rings. The molecule has 0 aromatic heterocycles. The monoisotopic (exact) mass is 618 g/mol. The zero-order valence-corrected chi connectivity index (χ0v) is 28.2. The normalized spacial score (nSPS) is 19.9. The number of primary amides is 1. The zero-order valence-electron chi connectivity index (χ0n) is 28.2. The minimum absolute atomic E-state index is 0.0555. The summed E-state index contributed by atoms with van der Waals surface area (Å²) in [6, 6.07) is 20.2. The quantitative estimate of drug-likeness (QED) is 0.251. The van der Waals surface area contributed by atoms with E-state index in [0.29, 0.717) is 13.2 Å². The van der Waals surface area contributed by atoms with Gasteiger partial charge in [0.25, 0.3) is 0 Å². The fourth-order valence-electron chi connectivity index (χ4n) is 6.20. The third-order valence-electron chi connectivity index (χ3n) is 8.84. The minimum Gasteiger partial charge on any atom is -0.372 e.